The van der Waals surface area contributed by atoms with Crippen molar-refractivity contribution in [2.75, 3.05) is 47.8 Å². The van der Waals surface area contributed by atoms with E-state index in [1.165, 1.54) is 5.69 Å². The van der Waals surface area contributed by atoms with Crippen molar-refractivity contribution in [2.45, 2.75) is 13.8 Å². The summed E-state index contributed by atoms with van der Waals surface area (Å²) in [6.07, 6.45) is 0. The average molecular weight is 313 g/mol. The lowest BCUT2D eigenvalue weighted by atomic mass is 10.1. The van der Waals surface area contributed by atoms with Gasteiger partial charge in [0.2, 0.25) is 0 Å². The molecule has 0 bridgehead atoms. The molecule has 0 spiro atoms. The molecule has 0 amide bonds. The van der Waals surface area contributed by atoms with Crippen molar-refractivity contribution in [3.63, 3.8) is 0 Å². The number of hydrogen-bond acceptors (Lipinski definition) is 5. The van der Waals surface area contributed by atoms with Gasteiger partial charge in [-0.2, -0.15) is 0 Å². The minimum atomic E-state index is -0.369. The zero-order valence-electron chi connectivity index (χ0n) is 13.7. The Morgan fingerprint density at radius 2 is 1.57 bits per heavy atom. The summed E-state index contributed by atoms with van der Waals surface area (Å²) in [6, 6.07) is 10.3. The molecular weight excluding hydrogens is 290 g/mol. The van der Waals surface area contributed by atoms with Gasteiger partial charge >= 0.3 is 0 Å². The summed E-state index contributed by atoms with van der Waals surface area (Å²) in [5, 5.41) is 3.14. The molecule has 0 radical (unpaired) electrons. The van der Waals surface area contributed by atoms with Crippen LogP contribution in [0.5, 0.6) is 0 Å². The maximum atomic E-state index is 12.0. The number of nitrogens with one attached hydrogen (secondary N) is 1. The predicted molar refractivity (Wildman–Crippen MR) is 95.5 cm³/mol. The second kappa shape index (κ2) is 6.44. The Bertz CT molecular complexity index is 724. The molecule has 0 aromatic heterocycles. The van der Waals surface area contributed by atoms with Crippen molar-refractivity contribution < 1.29 is 0 Å². The molecule has 2 aromatic rings. The van der Waals surface area contributed by atoms with Crippen LogP contribution in [0.1, 0.15) is 13.8 Å². The van der Waals surface area contributed by atoms with Gasteiger partial charge in [-0.1, -0.05) is 32.0 Å². The number of benzene rings is 1. The van der Waals surface area contributed by atoms with Gasteiger partial charge in [-0.15, -0.1) is 0 Å². The predicted octanol–water partition coefficient (Wildman–Crippen LogP) is 1.68. The molecule has 1 saturated heterocycles. The minimum Gasteiger partial charge on any atom is -0.380 e. The van der Waals surface area contributed by atoms with E-state index in [2.05, 4.69) is 36.2 Å². The Morgan fingerprint density at radius 1 is 0.957 bits per heavy atom. The maximum Gasteiger partial charge on any atom is 0.253 e. The topological polar surface area (TPSA) is 52.6 Å². The molecule has 1 heterocycles. The summed E-state index contributed by atoms with van der Waals surface area (Å²) in [4.78, 5) is 28.1. The number of rotatable bonds is 5. The van der Waals surface area contributed by atoms with Gasteiger partial charge in [-0.05, 0) is 18.1 Å². The van der Waals surface area contributed by atoms with Crippen LogP contribution in [0.15, 0.2) is 39.9 Å². The highest BCUT2D eigenvalue weighted by molar-refractivity contribution is 5.75. The molecule has 122 valence electrons. The van der Waals surface area contributed by atoms with Crippen molar-refractivity contribution in [3.8, 4) is 0 Å². The molecule has 0 aliphatic carbocycles. The summed E-state index contributed by atoms with van der Waals surface area (Å²) in [5.74, 6) is 0.433. The third-order valence-corrected chi connectivity index (χ3v) is 4.29. The fourth-order valence-electron chi connectivity index (χ4n) is 2.98. The summed E-state index contributed by atoms with van der Waals surface area (Å²) in [7, 11) is 0. The first-order chi connectivity index (χ1) is 11.1. The van der Waals surface area contributed by atoms with Gasteiger partial charge in [0.15, 0.2) is 0 Å². The molecule has 0 saturated carbocycles. The van der Waals surface area contributed by atoms with E-state index in [4.69, 9.17) is 0 Å². The number of anilines is 3. The normalized spacial score (nSPS) is 15.4. The first kappa shape index (κ1) is 15.6. The average Bonchev–Trinajstić information content (AvgIpc) is 2.58. The molecule has 23 heavy (non-hydrogen) atoms. The minimum absolute atomic E-state index is 0.343. The Labute approximate surface area is 136 Å². The van der Waals surface area contributed by atoms with Crippen molar-refractivity contribution in [2.24, 2.45) is 5.92 Å². The fraction of sp³-hybridized carbons (Fsp3) is 0.444. The Balaban J connectivity index is 1.67. The smallest absolute Gasteiger partial charge is 0.253 e. The van der Waals surface area contributed by atoms with E-state index in [-0.39, 0.29) is 10.9 Å². The zero-order chi connectivity index (χ0) is 16.4. The summed E-state index contributed by atoms with van der Waals surface area (Å²) in [5.41, 5.74) is 1.59. The molecule has 5 nitrogen and oxygen atoms in total. The van der Waals surface area contributed by atoms with Crippen molar-refractivity contribution in [1.29, 1.82) is 0 Å². The third kappa shape index (κ3) is 3.09. The molecule has 1 aliphatic heterocycles. The number of piperazine rings is 1. The zero-order valence-corrected chi connectivity index (χ0v) is 13.7. The van der Waals surface area contributed by atoms with Crippen LogP contribution in [0.2, 0.25) is 0 Å². The first-order valence-corrected chi connectivity index (χ1v) is 8.20. The van der Waals surface area contributed by atoms with Crippen molar-refractivity contribution in [1.82, 2.24) is 0 Å². The fourth-order valence-corrected chi connectivity index (χ4v) is 2.98. The Hall–Kier alpha value is -2.30. The van der Waals surface area contributed by atoms with Gasteiger partial charge in [0.05, 0.1) is 0 Å². The number of para-hydroxylation sites is 1. The lowest BCUT2D eigenvalue weighted by Crippen LogP contribution is -2.51. The molecule has 2 aromatic carbocycles. The highest BCUT2D eigenvalue weighted by atomic mass is 16.2. The van der Waals surface area contributed by atoms with Crippen LogP contribution in [0.25, 0.3) is 0 Å². The molecule has 0 atom stereocenters. The lowest BCUT2D eigenvalue weighted by Gasteiger charge is -2.38. The first-order valence-electron chi connectivity index (χ1n) is 8.20. The van der Waals surface area contributed by atoms with Crippen LogP contribution >= 0.6 is 0 Å². The van der Waals surface area contributed by atoms with Crippen LogP contribution < -0.4 is 26.0 Å². The maximum absolute atomic E-state index is 12.0. The second-order valence-corrected chi connectivity index (χ2v) is 6.47. The van der Waals surface area contributed by atoms with Crippen LogP contribution in [0.3, 0.4) is 0 Å². The summed E-state index contributed by atoms with van der Waals surface area (Å²) in [6.45, 7) is 8.10. The highest BCUT2D eigenvalue weighted by Crippen LogP contribution is 2.23. The van der Waals surface area contributed by atoms with Crippen LogP contribution in [0, 0.1) is 5.92 Å². The van der Waals surface area contributed by atoms with E-state index >= 15 is 0 Å². The molecule has 3 rings (SSSR count). The van der Waals surface area contributed by atoms with Gasteiger partial charge in [0, 0.05) is 38.4 Å². The molecule has 5 heteroatoms. The Kier molecular flexibility index (Phi) is 4.37. The van der Waals surface area contributed by atoms with E-state index in [0.29, 0.717) is 23.8 Å². The van der Waals surface area contributed by atoms with Gasteiger partial charge in [0.1, 0.15) is 11.4 Å². The standard InChI is InChI=1S/C18H23N3O2/c1-13(2)12-19-15-16(18(23)17(15)22)21-10-8-20(9-11-21)14-6-4-3-5-7-14/h3-7,13,19H,8-12H2,1-2H3. The Morgan fingerprint density at radius 3 is 2.17 bits per heavy atom. The number of hydrogen-bond donors (Lipinski definition) is 1. The quantitative estimate of drug-likeness (QED) is 0.851. The molecular formula is C18H23N3O2. The largest absolute Gasteiger partial charge is 0.380 e. The molecule has 0 unspecified atom stereocenters. The van der Waals surface area contributed by atoms with Gasteiger partial charge in [0.25, 0.3) is 10.9 Å². The summed E-state index contributed by atoms with van der Waals surface area (Å²) < 4.78 is 0. The van der Waals surface area contributed by atoms with Crippen LogP contribution in [-0.4, -0.2) is 32.7 Å². The molecule has 1 N–H and O–H groups in total. The summed E-state index contributed by atoms with van der Waals surface area (Å²) >= 11 is 0. The van der Waals surface area contributed by atoms with E-state index in [0.717, 1.165) is 26.2 Å². The molecule has 1 aliphatic rings. The third-order valence-electron chi connectivity index (χ3n) is 4.29. The van der Waals surface area contributed by atoms with Crippen LogP contribution in [0.4, 0.5) is 17.1 Å². The number of nitrogens with zero attached hydrogens (tertiary/aromatic N) is 2. The second-order valence-electron chi connectivity index (χ2n) is 6.47. The van der Waals surface area contributed by atoms with E-state index in [9.17, 15) is 9.59 Å². The van der Waals surface area contributed by atoms with Crippen molar-refractivity contribution >= 4 is 17.1 Å². The lowest BCUT2D eigenvalue weighted by molar-refractivity contribution is 0.648. The van der Waals surface area contributed by atoms with E-state index in [1.54, 1.807) is 0 Å². The van der Waals surface area contributed by atoms with Crippen molar-refractivity contribution in [3.05, 3.63) is 50.8 Å². The van der Waals surface area contributed by atoms with E-state index in [1.807, 2.05) is 23.1 Å². The van der Waals surface area contributed by atoms with Gasteiger partial charge < -0.3 is 15.1 Å². The van der Waals surface area contributed by atoms with E-state index < -0.39 is 0 Å². The SMILES string of the molecule is CC(C)CNc1c(N2CCN(c3ccccc3)CC2)c(=O)c1=O. The molecule has 1 fully saturated rings. The van der Waals surface area contributed by atoms with Gasteiger partial charge in [-0.3, -0.25) is 9.59 Å². The van der Waals surface area contributed by atoms with Gasteiger partial charge in [-0.25, -0.2) is 0 Å². The van der Waals surface area contributed by atoms with Crippen LogP contribution in [-0.2, 0) is 0 Å². The monoisotopic (exact) mass is 313 g/mol. The highest BCUT2D eigenvalue weighted by Gasteiger charge is 2.28.